The van der Waals surface area contributed by atoms with E-state index in [9.17, 15) is 4.79 Å². The molecule has 1 aliphatic heterocycles. The zero-order chi connectivity index (χ0) is 17.1. The van der Waals surface area contributed by atoms with Crippen molar-refractivity contribution < 1.29 is 14.1 Å². The van der Waals surface area contributed by atoms with Gasteiger partial charge in [-0.05, 0) is 45.7 Å². The van der Waals surface area contributed by atoms with Crippen LogP contribution in [0.25, 0.3) is 0 Å². The maximum absolute atomic E-state index is 12.8. The minimum atomic E-state index is -0.121. The SMILES string of the molecule is CCOc1ccccc1NC(=O)N1CCC[C@H]1c1c(C)noc1C. The first kappa shape index (κ1) is 16.4. The molecule has 24 heavy (non-hydrogen) atoms. The first-order chi connectivity index (χ1) is 11.6. The van der Waals surface area contributed by atoms with Gasteiger partial charge in [0.15, 0.2) is 0 Å². The summed E-state index contributed by atoms with van der Waals surface area (Å²) in [5.41, 5.74) is 2.57. The van der Waals surface area contributed by atoms with Crippen LogP contribution >= 0.6 is 0 Å². The molecule has 0 unspecified atom stereocenters. The van der Waals surface area contributed by atoms with E-state index in [1.807, 2.05) is 49.9 Å². The first-order valence-electron chi connectivity index (χ1n) is 8.34. The van der Waals surface area contributed by atoms with Crippen molar-refractivity contribution in [3.63, 3.8) is 0 Å². The highest BCUT2D eigenvalue weighted by molar-refractivity contribution is 5.91. The van der Waals surface area contributed by atoms with Crippen LogP contribution in [0.3, 0.4) is 0 Å². The Bertz CT molecular complexity index is 707. The fourth-order valence-corrected chi connectivity index (χ4v) is 3.31. The van der Waals surface area contributed by atoms with Crippen LogP contribution in [0.15, 0.2) is 28.8 Å². The average molecular weight is 329 g/mol. The van der Waals surface area contributed by atoms with Crippen molar-refractivity contribution in [3.05, 3.63) is 41.3 Å². The zero-order valence-corrected chi connectivity index (χ0v) is 14.3. The van der Waals surface area contributed by atoms with Crippen molar-refractivity contribution in [2.24, 2.45) is 0 Å². The molecular weight excluding hydrogens is 306 g/mol. The number of likely N-dealkylation sites (tertiary alicyclic amines) is 1. The van der Waals surface area contributed by atoms with E-state index in [0.717, 1.165) is 36.4 Å². The molecule has 0 aliphatic carbocycles. The molecule has 3 rings (SSSR count). The zero-order valence-electron chi connectivity index (χ0n) is 14.3. The van der Waals surface area contributed by atoms with E-state index >= 15 is 0 Å². The lowest BCUT2D eigenvalue weighted by Crippen LogP contribution is -2.34. The molecular formula is C18H23N3O3. The molecule has 6 heteroatoms. The number of rotatable bonds is 4. The predicted octanol–water partition coefficient (Wildman–Crippen LogP) is 4.06. The molecule has 0 saturated carbocycles. The molecule has 0 radical (unpaired) electrons. The molecule has 6 nitrogen and oxygen atoms in total. The molecule has 1 aromatic carbocycles. The van der Waals surface area contributed by atoms with E-state index in [4.69, 9.17) is 9.26 Å². The molecule has 1 atom stereocenters. The predicted molar refractivity (Wildman–Crippen MR) is 91.3 cm³/mol. The van der Waals surface area contributed by atoms with Crippen LogP contribution in [0, 0.1) is 13.8 Å². The van der Waals surface area contributed by atoms with Gasteiger partial charge in [0.05, 0.1) is 24.0 Å². The van der Waals surface area contributed by atoms with E-state index < -0.39 is 0 Å². The van der Waals surface area contributed by atoms with Gasteiger partial charge in [-0.2, -0.15) is 0 Å². The van der Waals surface area contributed by atoms with Crippen LogP contribution in [0.1, 0.15) is 42.8 Å². The van der Waals surface area contributed by atoms with Crippen molar-refractivity contribution in [2.45, 2.75) is 39.7 Å². The maximum atomic E-state index is 12.8. The Labute approximate surface area is 141 Å². The number of carbonyl (C=O) groups excluding carboxylic acids is 1. The lowest BCUT2D eigenvalue weighted by atomic mass is 10.0. The Morgan fingerprint density at radius 2 is 2.21 bits per heavy atom. The number of aromatic nitrogens is 1. The second kappa shape index (κ2) is 6.95. The third-order valence-electron chi connectivity index (χ3n) is 4.36. The third kappa shape index (κ3) is 3.09. The van der Waals surface area contributed by atoms with Gasteiger partial charge in [0.25, 0.3) is 0 Å². The van der Waals surface area contributed by atoms with E-state index in [-0.39, 0.29) is 12.1 Å². The fraction of sp³-hybridized carbons (Fsp3) is 0.444. The molecule has 2 heterocycles. The number of hydrogen-bond donors (Lipinski definition) is 1. The number of para-hydroxylation sites is 2. The van der Waals surface area contributed by atoms with Gasteiger partial charge in [0.2, 0.25) is 0 Å². The van der Waals surface area contributed by atoms with Gasteiger partial charge in [-0.3, -0.25) is 0 Å². The summed E-state index contributed by atoms with van der Waals surface area (Å²) in [6.07, 6.45) is 1.89. The maximum Gasteiger partial charge on any atom is 0.322 e. The van der Waals surface area contributed by atoms with Crippen molar-refractivity contribution in [2.75, 3.05) is 18.5 Å². The molecule has 0 spiro atoms. The largest absolute Gasteiger partial charge is 0.492 e. The van der Waals surface area contributed by atoms with Crippen LogP contribution in [0.4, 0.5) is 10.5 Å². The summed E-state index contributed by atoms with van der Waals surface area (Å²) in [6, 6.07) is 7.37. The molecule has 2 aromatic rings. The molecule has 128 valence electrons. The number of urea groups is 1. The van der Waals surface area contributed by atoms with Crippen LogP contribution < -0.4 is 10.1 Å². The van der Waals surface area contributed by atoms with Crippen LogP contribution in [0.2, 0.25) is 0 Å². The minimum absolute atomic E-state index is 0.00973. The van der Waals surface area contributed by atoms with Crippen molar-refractivity contribution >= 4 is 11.7 Å². The normalized spacial score (nSPS) is 17.1. The second-order valence-electron chi connectivity index (χ2n) is 5.95. The summed E-state index contributed by atoms with van der Waals surface area (Å²) in [5.74, 6) is 1.47. The fourth-order valence-electron chi connectivity index (χ4n) is 3.31. The number of ether oxygens (including phenoxy) is 1. The molecule has 1 saturated heterocycles. The smallest absolute Gasteiger partial charge is 0.322 e. The first-order valence-corrected chi connectivity index (χ1v) is 8.34. The molecule has 1 aliphatic rings. The van der Waals surface area contributed by atoms with E-state index in [1.54, 1.807) is 0 Å². The Balaban J connectivity index is 1.80. The number of hydrogen-bond acceptors (Lipinski definition) is 4. The summed E-state index contributed by atoms with van der Waals surface area (Å²) in [4.78, 5) is 14.7. The highest BCUT2D eigenvalue weighted by Crippen LogP contribution is 2.36. The van der Waals surface area contributed by atoms with Crippen molar-refractivity contribution in [1.82, 2.24) is 10.1 Å². The second-order valence-corrected chi connectivity index (χ2v) is 5.95. The van der Waals surface area contributed by atoms with Crippen LogP contribution in [-0.2, 0) is 0 Å². The Morgan fingerprint density at radius 1 is 1.42 bits per heavy atom. The third-order valence-corrected chi connectivity index (χ3v) is 4.36. The van der Waals surface area contributed by atoms with Gasteiger partial charge in [-0.1, -0.05) is 17.3 Å². The van der Waals surface area contributed by atoms with Crippen molar-refractivity contribution in [3.8, 4) is 5.75 Å². The molecule has 1 N–H and O–H groups in total. The number of nitrogens with one attached hydrogen (secondary N) is 1. The summed E-state index contributed by atoms with van der Waals surface area (Å²) in [7, 11) is 0. The van der Waals surface area contributed by atoms with E-state index in [1.165, 1.54) is 0 Å². The van der Waals surface area contributed by atoms with Gasteiger partial charge in [-0.15, -0.1) is 0 Å². The highest BCUT2D eigenvalue weighted by Gasteiger charge is 2.34. The monoisotopic (exact) mass is 329 g/mol. The van der Waals surface area contributed by atoms with E-state index in [2.05, 4.69) is 10.5 Å². The average Bonchev–Trinajstić information content (AvgIpc) is 3.16. The quantitative estimate of drug-likeness (QED) is 0.918. The van der Waals surface area contributed by atoms with Crippen LogP contribution in [-0.4, -0.2) is 29.2 Å². The molecule has 2 amide bonds. The highest BCUT2D eigenvalue weighted by atomic mass is 16.5. The van der Waals surface area contributed by atoms with Crippen LogP contribution in [0.5, 0.6) is 5.75 Å². The summed E-state index contributed by atoms with van der Waals surface area (Å²) < 4.78 is 10.9. The summed E-state index contributed by atoms with van der Waals surface area (Å²) in [6.45, 7) is 7.01. The topological polar surface area (TPSA) is 67.6 Å². The summed E-state index contributed by atoms with van der Waals surface area (Å²) in [5, 5.41) is 7.00. The Kier molecular flexibility index (Phi) is 4.74. The summed E-state index contributed by atoms with van der Waals surface area (Å²) >= 11 is 0. The van der Waals surface area contributed by atoms with Gasteiger partial charge >= 0.3 is 6.03 Å². The molecule has 1 fully saturated rings. The lowest BCUT2D eigenvalue weighted by Gasteiger charge is -2.25. The van der Waals surface area contributed by atoms with Gasteiger partial charge in [-0.25, -0.2) is 4.79 Å². The molecule has 0 bridgehead atoms. The van der Waals surface area contributed by atoms with Gasteiger partial charge in [0, 0.05) is 12.1 Å². The number of aryl methyl sites for hydroxylation is 2. The Morgan fingerprint density at radius 3 is 2.92 bits per heavy atom. The number of anilines is 1. The lowest BCUT2D eigenvalue weighted by molar-refractivity contribution is 0.206. The number of nitrogens with zero attached hydrogens (tertiary/aromatic N) is 2. The van der Waals surface area contributed by atoms with Gasteiger partial charge < -0.3 is 19.5 Å². The number of carbonyl (C=O) groups is 1. The van der Waals surface area contributed by atoms with Crippen molar-refractivity contribution in [1.29, 1.82) is 0 Å². The number of amides is 2. The number of benzene rings is 1. The van der Waals surface area contributed by atoms with Gasteiger partial charge in [0.1, 0.15) is 11.5 Å². The molecule has 1 aromatic heterocycles. The minimum Gasteiger partial charge on any atom is -0.492 e. The van der Waals surface area contributed by atoms with E-state index in [0.29, 0.717) is 18.0 Å². The Hall–Kier alpha value is -2.50. The standard InChI is InChI=1S/C18H23N3O3/c1-4-23-16-10-6-5-8-14(16)19-18(22)21-11-7-9-15(21)17-12(2)20-24-13(17)3/h5-6,8,10,15H,4,7,9,11H2,1-3H3,(H,19,22)/t15-/m0/s1.